The van der Waals surface area contributed by atoms with Crippen LogP contribution in [0.25, 0.3) is 22.3 Å². The first-order valence-corrected chi connectivity index (χ1v) is 14.6. The molecule has 5 aromatic rings. The van der Waals surface area contributed by atoms with Crippen LogP contribution < -0.4 is 19.8 Å². The van der Waals surface area contributed by atoms with Crippen molar-refractivity contribution in [3.63, 3.8) is 0 Å². The van der Waals surface area contributed by atoms with Gasteiger partial charge >= 0.3 is 0 Å². The largest absolute Gasteiger partial charge is 0.496 e. The zero-order chi connectivity index (χ0) is 30.5. The SMILES string of the molecule is CCOc1cc(C=Nn2c(-c3cc(C(C)C)c(OC)cc3C)nc3ccccc3c2=O)cc(Cl)c1OCc1ccccc1. The van der Waals surface area contributed by atoms with Gasteiger partial charge in [-0.25, -0.2) is 4.98 Å². The third-order valence-electron chi connectivity index (χ3n) is 7.07. The van der Waals surface area contributed by atoms with Gasteiger partial charge in [-0.1, -0.05) is 67.9 Å². The minimum Gasteiger partial charge on any atom is -0.496 e. The minimum atomic E-state index is -0.280. The molecule has 0 saturated carbocycles. The Balaban J connectivity index is 1.61. The third kappa shape index (κ3) is 6.42. The third-order valence-corrected chi connectivity index (χ3v) is 7.35. The van der Waals surface area contributed by atoms with Gasteiger partial charge in [-0.3, -0.25) is 4.79 Å². The number of aromatic nitrogens is 2. The lowest BCUT2D eigenvalue weighted by Crippen LogP contribution is -2.20. The molecule has 0 bridgehead atoms. The van der Waals surface area contributed by atoms with E-state index in [1.54, 1.807) is 31.5 Å². The van der Waals surface area contributed by atoms with Crippen LogP contribution in [0.3, 0.4) is 0 Å². The molecule has 5 rings (SSSR count). The van der Waals surface area contributed by atoms with Gasteiger partial charge in [0.25, 0.3) is 5.56 Å². The van der Waals surface area contributed by atoms with Crippen LogP contribution in [0.2, 0.25) is 5.02 Å². The van der Waals surface area contributed by atoms with Crippen molar-refractivity contribution in [2.45, 2.75) is 40.2 Å². The lowest BCUT2D eigenvalue weighted by molar-refractivity contribution is 0.269. The van der Waals surface area contributed by atoms with Crippen LogP contribution >= 0.6 is 11.6 Å². The molecule has 0 fully saturated rings. The van der Waals surface area contributed by atoms with Crippen LogP contribution in [-0.4, -0.2) is 29.6 Å². The smallest absolute Gasteiger partial charge is 0.282 e. The highest BCUT2D eigenvalue weighted by atomic mass is 35.5. The summed E-state index contributed by atoms with van der Waals surface area (Å²) in [4.78, 5) is 18.7. The first kappa shape index (κ1) is 29.9. The molecular formula is C35H34ClN3O4. The van der Waals surface area contributed by atoms with Crippen LogP contribution in [0.5, 0.6) is 17.2 Å². The molecule has 0 unspecified atom stereocenters. The van der Waals surface area contributed by atoms with Crippen molar-refractivity contribution in [2.24, 2.45) is 5.10 Å². The normalized spacial score (nSPS) is 11.4. The molecular weight excluding hydrogens is 562 g/mol. The number of para-hydroxylation sites is 1. The summed E-state index contributed by atoms with van der Waals surface area (Å²) in [6, 6.07) is 24.6. The summed E-state index contributed by atoms with van der Waals surface area (Å²) in [6.45, 7) is 8.83. The Morgan fingerprint density at radius 3 is 2.44 bits per heavy atom. The summed E-state index contributed by atoms with van der Waals surface area (Å²) in [5.74, 6) is 2.36. The molecule has 1 heterocycles. The molecule has 0 radical (unpaired) electrons. The van der Waals surface area contributed by atoms with E-state index in [0.717, 1.165) is 28.0 Å². The maximum absolute atomic E-state index is 13.8. The Kier molecular flexibility index (Phi) is 9.12. The van der Waals surface area contributed by atoms with Gasteiger partial charge in [-0.2, -0.15) is 9.78 Å². The van der Waals surface area contributed by atoms with Crippen molar-refractivity contribution >= 4 is 28.7 Å². The zero-order valence-corrected chi connectivity index (χ0v) is 25.7. The number of halogens is 1. The Morgan fingerprint density at radius 1 is 0.977 bits per heavy atom. The number of ether oxygens (including phenoxy) is 3. The van der Waals surface area contributed by atoms with Gasteiger partial charge < -0.3 is 14.2 Å². The number of nitrogens with zero attached hydrogens (tertiary/aromatic N) is 3. The lowest BCUT2D eigenvalue weighted by Gasteiger charge is -2.17. The average Bonchev–Trinajstić information content (AvgIpc) is 3.00. The van der Waals surface area contributed by atoms with Gasteiger partial charge in [-0.15, -0.1) is 0 Å². The van der Waals surface area contributed by atoms with E-state index in [1.165, 1.54) is 4.68 Å². The highest BCUT2D eigenvalue weighted by Gasteiger charge is 2.19. The number of rotatable bonds is 10. The maximum atomic E-state index is 13.8. The topological polar surface area (TPSA) is 74.9 Å². The van der Waals surface area contributed by atoms with Crippen molar-refractivity contribution in [1.82, 2.24) is 9.66 Å². The summed E-state index contributed by atoms with van der Waals surface area (Å²) < 4.78 is 18.9. The molecule has 1 aromatic heterocycles. The number of methoxy groups -OCH3 is 1. The molecule has 220 valence electrons. The van der Waals surface area contributed by atoms with Gasteiger partial charge in [0, 0.05) is 5.56 Å². The van der Waals surface area contributed by atoms with E-state index in [0.29, 0.717) is 52.0 Å². The second kappa shape index (κ2) is 13.1. The predicted octanol–water partition coefficient (Wildman–Crippen LogP) is 8.02. The van der Waals surface area contributed by atoms with Gasteiger partial charge in [0.05, 0.1) is 35.9 Å². The summed E-state index contributed by atoms with van der Waals surface area (Å²) >= 11 is 6.69. The maximum Gasteiger partial charge on any atom is 0.282 e. The Bertz CT molecular complexity index is 1850. The highest BCUT2D eigenvalue weighted by Crippen LogP contribution is 2.37. The molecule has 8 heteroatoms. The van der Waals surface area contributed by atoms with Crippen molar-refractivity contribution in [1.29, 1.82) is 0 Å². The van der Waals surface area contributed by atoms with Gasteiger partial charge in [0.15, 0.2) is 17.3 Å². The fraction of sp³-hybridized carbons (Fsp3) is 0.229. The Morgan fingerprint density at radius 2 is 1.72 bits per heavy atom. The molecule has 0 atom stereocenters. The molecule has 0 aliphatic carbocycles. The van der Waals surface area contributed by atoms with Crippen LogP contribution in [0.15, 0.2) is 88.8 Å². The summed E-state index contributed by atoms with van der Waals surface area (Å²) in [5, 5.41) is 5.50. The summed E-state index contributed by atoms with van der Waals surface area (Å²) in [5.41, 5.74) is 4.68. The fourth-order valence-electron chi connectivity index (χ4n) is 4.89. The predicted molar refractivity (Wildman–Crippen MR) is 173 cm³/mol. The van der Waals surface area contributed by atoms with Gasteiger partial charge in [-0.05, 0) is 78.4 Å². The standard InChI is InChI=1S/C35H34ClN3O4/c1-6-42-32-18-25(17-29(36)33(32)43-21-24-12-8-7-9-13-24)20-37-39-34(38-30-15-11-10-14-26(30)35(39)40)28-19-27(22(2)3)31(41-5)16-23(28)4/h7-20,22H,6,21H2,1-5H3. The van der Waals surface area contributed by atoms with E-state index in [4.69, 9.17) is 30.8 Å². The molecule has 4 aromatic carbocycles. The second-order valence-electron chi connectivity index (χ2n) is 10.4. The van der Waals surface area contributed by atoms with E-state index in [-0.39, 0.29) is 11.5 Å². The van der Waals surface area contributed by atoms with Crippen molar-refractivity contribution in [2.75, 3.05) is 13.7 Å². The highest BCUT2D eigenvalue weighted by molar-refractivity contribution is 6.32. The average molecular weight is 596 g/mol. The van der Waals surface area contributed by atoms with Crippen LogP contribution in [0, 0.1) is 6.92 Å². The van der Waals surface area contributed by atoms with Crippen LogP contribution in [0.4, 0.5) is 0 Å². The number of benzene rings is 4. The summed E-state index contributed by atoms with van der Waals surface area (Å²) in [6.07, 6.45) is 1.58. The number of hydrogen-bond donors (Lipinski definition) is 0. The molecule has 0 aliphatic heterocycles. The number of fused-ring (bicyclic) bond motifs is 1. The van der Waals surface area contributed by atoms with E-state index in [9.17, 15) is 4.79 Å². The molecule has 7 nitrogen and oxygen atoms in total. The Labute approximate surface area is 256 Å². The molecule has 0 amide bonds. The zero-order valence-electron chi connectivity index (χ0n) is 24.9. The second-order valence-corrected chi connectivity index (χ2v) is 10.8. The van der Waals surface area contributed by atoms with Crippen molar-refractivity contribution < 1.29 is 14.2 Å². The minimum absolute atomic E-state index is 0.195. The number of aryl methyl sites for hydroxylation is 1. The lowest BCUT2D eigenvalue weighted by atomic mass is 9.96. The summed E-state index contributed by atoms with van der Waals surface area (Å²) in [7, 11) is 1.66. The molecule has 0 aliphatic rings. The number of hydrogen-bond acceptors (Lipinski definition) is 6. The monoisotopic (exact) mass is 595 g/mol. The van der Waals surface area contributed by atoms with Gasteiger partial charge in [0.1, 0.15) is 12.4 Å². The van der Waals surface area contributed by atoms with E-state index in [2.05, 4.69) is 18.9 Å². The molecule has 0 N–H and O–H groups in total. The Hall–Kier alpha value is -4.62. The first-order chi connectivity index (χ1) is 20.8. The fourth-order valence-corrected chi connectivity index (χ4v) is 5.17. The molecule has 0 saturated heterocycles. The van der Waals surface area contributed by atoms with Crippen molar-refractivity contribution in [3.8, 4) is 28.6 Å². The van der Waals surface area contributed by atoms with Crippen molar-refractivity contribution in [3.05, 3.63) is 116 Å². The van der Waals surface area contributed by atoms with Crippen LogP contribution in [-0.2, 0) is 6.61 Å². The van der Waals surface area contributed by atoms with Gasteiger partial charge in [0.2, 0.25) is 0 Å². The van der Waals surface area contributed by atoms with E-state index in [1.807, 2.05) is 74.5 Å². The first-order valence-electron chi connectivity index (χ1n) is 14.2. The van der Waals surface area contributed by atoms with Crippen LogP contribution in [0.1, 0.15) is 48.9 Å². The molecule has 0 spiro atoms. The van der Waals surface area contributed by atoms with E-state index < -0.39 is 0 Å². The van der Waals surface area contributed by atoms with E-state index >= 15 is 0 Å². The quantitative estimate of drug-likeness (QED) is 0.153. The molecule has 43 heavy (non-hydrogen) atoms.